The Morgan fingerprint density at radius 3 is 2.15 bits per heavy atom. The van der Waals surface area contributed by atoms with Crippen molar-refractivity contribution in [2.75, 3.05) is 27.6 Å². The molecule has 1 aromatic rings. The van der Waals surface area contributed by atoms with Crippen molar-refractivity contribution in [3.8, 4) is 23.3 Å². The molecule has 20 heavy (non-hydrogen) atoms. The van der Waals surface area contributed by atoms with Crippen molar-refractivity contribution >= 4 is 22.9 Å². The van der Waals surface area contributed by atoms with Gasteiger partial charge in [-0.15, -0.1) is 11.8 Å². The molecular weight excluding hydrogens is 276 g/mol. The molecule has 5 nitrogen and oxygen atoms in total. The molecule has 1 rings (SSSR count). The van der Waals surface area contributed by atoms with Crippen LogP contribution in [-0.2, 0) is 0 Å². The van der Waals surface area contributed by atoms with Gasteiger partial charge >= 0.3 is 0 Å². The summed E-state index contributed by atoms with van der Waals surface area (Å²) in [7, 11) is 4.61. The highest BCUT2D eigenvalue weighted by atomic mass is 32.2. The van der Waals surface area contributed by atoms with Crippen LogP contribution in [0.5, 0.6) is 17.2 Å². The molecule has 0 atom stereocenters. The first-order valence-corrected chi connectivity index (χ1v) is 6.88. The van der Waals surface area contributed by atoms with Crippen LogP contribution in [-0.4, -0.2) is 32.6 Å². The van der Waals surface area contributed by atoms with Crippen molar-refractivity contribution in [3.63, 3.8) is 0 Å². The lowest BCUT2D eigenvalue weighted by molar-refractivity contribution is 0.348. The fourth-order valence-corrected chi connectivity index (χ4v) is 1.90. The van der Waals surface area contributed by atoms with Crippen molar-refractivity contribution < 1.29 is 14.2 Å². The summed E-state index contributed by atoms with van der Waals surface area (Å²) < 4.78 is 15.7. The summed E-state index contributed by atoms with van der Waals surface area (Å²) in [6.07, 6.45) is 3.35. The lowest BCUT2D eigenvalue weighted by Gasteiger charge is -2.12. The van der Waals surface area contributed by atoms with Gasteiger partial charge in [-0.25, -0.2) is 0 Å². The fourth-order valence-electron chi connectivity index (χ4n) is 1.58. The first-order chi connectivity index (χ1) is 9.60. The van der Waals surface area contributed by atoms with Crippen molar-refractivity contribution in [2.24, 2.45) is 0 Å². The second kappa shape index (κ2) is 7.46. The minimum absolute atomic E-state index is 0.198. The van der Waals surface area contributed by atoms with Gasteiger partial charge in [0.2, 0.25) is 0 Å². The average molecular weight is 292 g/mol. The van der Waals surface area contributed by atoms with Gasteiger partial charge in [0, 0.05) is 11.6 Å². The summed E-state index contributed by atoms with van der Waals surface area (Å²) >= 11 is 1.20. The molecule has 0 radical (unpaired) electrons. The molecule has 1 aromatic carbocycles. The molecule has 0 saturated carbocycles. The number of nitriles is 1. The molecule has 0 amide bonds. The molecule has 0 aliphatic heterocycles. The number of nitrogens with zero attached hydrogens (tertiary/aromatic N) is 1. The van der Waals surface area contributed by atoms with E-state index in [-0.39, 0.29) is 10.6 Å². The van der Waals surface area contributed by atoms with Gasteiger partial charge in [0.05, 0.1) is 26.9 Å². The van der Waals surface area contributed by atoms with Gasteiger partial charge in [0.1, 0.15) is 16.9 Å². The Morgan fingerprint density at radius 1 is 1.15 bits per heavy atom. The minimum Gasteiger partial charge on any atom is -0.496 e. The zero-order valence-corrected chi connectivity index (χ0v) is 12.6. The van der Waals surface area contributed by atoms with Gasteiger partial charge in [-0.05, 0) is 18.4 Å². The summed E-state index contributed by atoms with van der Waals surface area (Å²) in [5, 5.41) is 17.0. The predicted octanol–water partition coefficient (Wildman–Crippen LogP) is 2.96. The topological polar surface area (TPSA) is 75.3 Å². The SMILES string of the molecule is COc1cc(OC)c(OC)cc1/C=C(/C#N)C(=N)SC. The molecule has 0 aliphatic carbocycles. The first kappa shape index (κ1) is 15.9. The lowest BCUT2D eigenvalue weighted by Crippen LogP contribution is -1.97. The van der Waals surface area contributed by atoms with Crippen LogP contribution >= 0.6 is 11.8 Å². The molecule has 0 aromatic heterocycles. The third-order valence-electron chi connectivity index (χ3n) is 2.60. The molecule has 106 valence electrons. The summed E-state index contributed by atoms with van der Waals surface area (Å²) in [5.74, 6) is 1.62. The predicted molar refractivity (Wildman–Crippen MR) is 80.9 cm³/mol. The first-order valence-electron chi connectivity index (χ1n) is 5.66. The van der Waals surface area contributed by atoms with Crippen LogP contribution in [0.3, 0.4) is 0 Å². The molecule has 0 unspecified atom stereocenters. The Kier molecular flexibility index (Phi) is 5.94. The van der Waals surface area contributed by atoms with E-state index < -0.39 is 0 Å². The number of hydrogen-bond donors (Lipinski definition) is 1. The largest absolute Gasteiger partial charge is 0.496 e. The molecule has 0 fully saturated rings. The minimum atomic E-state index is 0.198. The van der Waals surface area contributed by atoms with Crippen molar-refractivity contribution in [3.05, 3.63) is 23.3 Å². The molecule has 0 saturated heterocycles. The molecule has 1 N–H and O–H groups in total. The van der Waals surface area contributed by atoms with E-state index in [9.17, 15) is 0 Å². The van der Waals surface area contributed by atoms with Crippen LogP contribution in [0.2, 0.25) is 0 Å². The van der Waals surface area contributed by atoms with E-state index >= 15 is 0 Å². The van der Waals surface area contributed by atoms with Crippen LogP contribution in [0, 0.1) is 16.7 Å². The van der Waals surface area contributed by atoms with Crippen LogP contribution < -0.4 is 14.2 Å². The van der Waals surface area contributed by atoms with Crippen molar-refractivity contribution in [2.45, 2.75) is 0 Å². The van der Waals surface area contributed by atoms with E-state index in [1.54, 1.807) is 24.5 Å². The Hall–Kier alpha value is -2.13. The van der Waals surface area contributed by atoms with E-state index in [2.05, 4.69) is 0 Å². The van der Waals surface area contributed by atoms with Crippen LogP contribution in [0.25, 0.3) is 6.08 Å². The zero-order valence-electron chi connectivity index (χ0n) is 11.8. The number of benzene rings is 1. The number of methoxy groups -OCH3 is 3. The normalized spacial score (nSPS) is 10.7. The number of hydrogen-bond acceptors (Lipinski definition) is 6. The highest BCUT2D eigenvalue weighted by Gasteiger charge is 2.12. The highest BCUT2D eigenvalue weighted by molar-refractivity contribution is 8.13. The number of thioether (sulfide) groups is 1. The average Bonchev–Trinajstić information content (AvgIpc) is 2.50. The maximum atomic E-state index is 9.11. The third kappa shape index (κ3) is 3.45. The Balaban J connectivity index is 3.40. The van der Waals surface area contributed by atoms with Crippen LogP contribution in [0.1, 0.15) is 5.56 Å². The summed E-state index contributed by atoms with van der Waals surface area (Å²) in [6.45, 7) is 0. The van der Waals surface area contributed by atoms with Crippen LogP contribution in [0.15, 0.2) is 17.7 Å². The second-order valence-corrected chi connectivity index (χ2v) is 4.47. The molecule has 0 spiro atoms. The maximum absolute atomic E-state index is 9.11. The van der Waals surface area contributed by atoms with Crippen molar-refractivity contribution in [1.29, 1.82) is 10.7 Å². The quantitative estimate of drug-likeness (QED) is 0.513. The Labute approximate surface area is 122 Å². The lowest BCUT2D eigenvalue weighted by atomic mass is 10.1. The zero-order chi connectivity index (χ0) is 15.1. The second-order valence-electron chi connectivity index (χ2n) is 3.65. The molecule has 0 aliphatic rings. The molecular formula is C14H16N2O3S. The highest BCUT2D eigenvalue weighted by Crippen LogP contribution is 2.35. The van der Waals surface area contributed by atoms with E-state index in [1.807, 2.05) is 6.07 Å². The van der Waals surface area contributed by atoms with E-state index in [1.165, 1.54) is 33.1 Å². The van der Waals surface area contributed by atoms with E-state index in [0.717, 1.165) is 0 Å². The van der Waals surface area contributed by atoms with Gasteiger partial charge in [-0.1, -0.05) is 0 Å². The molecule has 6 heteroatoms. The van der Waals surface area contributed by atoms with E-state index in [4.69, 9.17) is 24.9 Å². The molecule has 0 heterocycles. The monoisotopic (exact) mass is 292 g/mol. The fraction of sp³-hybridized carbons (Fsp3) is 0.286. The summed E-state index contributed by atoms with van der Waals surface area (Å²) in [5.41, 5.74) is 0.920. The van der Waals surface area contributed by atoms with E-state index in [0.29, 0.717) is 22.8 Å². The molecule has 0 bridgehead atoms. The van der Waals surface area contributed by atoms with Gasteiger partial charge in [0.25, 0.3) is 0 Å². The van der Waals surface area contributed by atoms with Crippen molar-refractivity contribution in [1.82, 2.24) is 0 Å². The number of ether oxygens (including phenoxy) is 3. The van der Waals surface area contributed by atoms with Crippen LogP contribution in [0.4, 0.5) is 0 Å². The Morgan fingerprint density at radius 2 is 1.70 bits per heavy atom. The smallest absolute Gasteiger partial charge is 0.164 e. The van der Waals surface area contributed by atoms with Gasteiger partial charge in [-0.3, -0.25) is 5.41 Å². The number of rotatable bonds is 5. The third-order valence-corrected chi connectivity index (χ3v) is 3.23. The summed E-state index contributed by atoms with van der Waals surface area (Å²) in [4.78, 5) is 0. The standard InChI is InChI=1S/C14H16N2O3S/c1-17-11-7-13(19-3)12(18-2)6-9(11)5-10(8-15)14(16)20-4/h5-7,16H,1-4H3/b10-5-,16-14?. The van der Waals surface area contributed by atoms with Gasteiger partial charge < -0.3 is 14.2 Å². The maximum Gasteiger partial charge on any atom is 0.164 e. The number of nitrogens with one attached hydrogen (secondary N) is 1. The van der Waals surface area contributed by atoms with Gasteiger partial charge in [0.15, 0.2) is 11.5 Å². The van der Waals surface area contributed by atoms with Gasteiger partial charge in [-0.2, -0.15) is 5.26 Å². The summed E-state index contributed by atoms with van der Waals surface area (Å²) in [6, 6.07) is 5.40. The Bertz CT molecular complexity index is 577.